The molecule has 0 unspecified atom stereocenters. The van der Waals surface area contributed by atoms with Crippen LogP contribution in [0, 0.1) is 5.92 Å². The molecule has 0 aliphatic carbocycles. The number of hydrogen-bond donors (Lipinski definition) is 2. The molecule has 0 saturated carbocycles. The van der Waals surface area contributed by atoms with Crippen LogP contribution in [-0.4, -0.2) is 31.1 Å². The van der Waals surface area contributed by atoms with Gasteiger partial charge in [-0.3, -0.25) is 9.59 Å². The first-order valence-electron chi connectivity index (χ1n) is 4.82. The fourth-order valence-corrected chi connectivity index (χ4v) is 1.41. The summed E-state index contributed by atoms with van der Waals surface area (Å²) in [6.45, 7) is 2.87. The van der Waals surface area contributed by atoms with Gasteiger partial charge in [-0.15, -0.1) is 0 Å². The summed E-state index contributed by atoms with van der Waals surface area (Å²) in [4.78, 5) is 22.4. The number of primary amides is 1. The van der Waals surface area contributed by atoms with E-state index < -0.39 is 11.9 Å². The maximum absolute atomic E-state index is 11.5. The number of carbonyl (C=O) groups is 2. The van der Waals surface area contributed by atoms with Gasteiger partial charge in [0.25, 0.3) is 0 Å². The molecular formula is C9H16N2O3. The minimum atomic E-state index is -0.553. The van der Waals surface area contributed by atoms with Gasteiger partial charge in [-0.25, -0.2) is 0 Å². The highest BCUT2D eigenvalue weighted by molar-refractivity contribution is 5.87. The summed E-state index contributed by atoms with van der Waals surface area (Å²) in [6, 6.07) is -0.553. The van der Waals surface area contributed by atoms with E-state index in [4.69, 9.17) is 10.5 Å². The average molecular weight is 200 g/mol. The molecule has 80 valence electrons. The molecule has 5 nitrogen and oxygen atoms in total. The topological polar surface area (TPSA) is 81.4 Å². The van der Waals surface area contributed by atoms with Crippen LogP contribution in [0.25, 0.3) is 0 Å². The summed E-state index contributed by atoms with van der Waals surface area (Å²) < 4.78 is 5.08. The Kier molecular flexibility index (Phi) is 3.88. The lowest BCUT2D eigenvalue weighted by molar-refractivity contribution is -0.130. The highest BCUT2D eigenvalue weighted by Gasteiger charge is 2.26. The summed E-state index contributed by atoms with van der Waals surface area (Å²) in [7, 11) is 0. The first kappa shape index (κ1) is 11.0. The Balaban J connectivity index is 2.41. The lowest BCUT2D eigenvalue weighted by Gasteiger charge is -2.15. The Bertz CT molecular complexity index is 224. The van der Waals surface area contributed by atoms with Crippen LogP contribution in [0.1, 0.15) is 19.8 Å². The highest BCUT2D eigenvalue weighted by atomic mass is 16.5. The molecule has 1 rings (SSSR count). The average Bonchev–Trinajstić information content (AvgIpc) is 2.65. The van der Waals surface area contributed by atoms with Crippen LogP contribution in [0.4, 0.5) is 0 Å². The van der Waals surface area contributed by atoms with Crippen molar-refractivity contribution in [1.29, 1.82) is 0 Å². The van der Waals surface area contributed by atoms with Gasteiger partial charge in [0, 0.05) is 6.61 Å². The largest absolute Gasteiger partial charge is 0.381 e. The zero-order valence-electron chi connectivity index (χ0n) is 8.29. The van der Waals surface area contributed by atoms with Crippen molar-refractivity contribution in [2.45, 2.75) is 25.8 Å². The van der Waals surface area contributed by atoms with Gasteiger partial charge < -0.3 is 15.8 Å². The maximum atomic E-state index is 11.5. The molecule has 0 aromatic rings. The minimum absolute atomic E-state index is 0.122. The van der Waals surface area contributed by atoms with Crippen LogP contribution in [-0.2, 0) is 14.3 Å². The normalized spacial score (nSPS) is 23.1. The number of rotatable bonds is 4. The van der Waals surface area contributed by atoms with Gasteiger partial charge in [0.1, 0.15) is 6.04 Å². The molecule has 0 bridgehead atoms. The Morgan fingerprint density at radius 3 is 2.79 bits per heavy atom. The van der Waals surface area contributed by atoms with Gasteiger partial charge in [0.15, 0.2) is 0 Å². The second-order valence-corrected chi connectivity index (χ2v) is 3.43. The third-order valence-electron chi connectivity index (χ3n) is 2.37. The van der Waals surface area contributed by atoms with E-state index in [9.17, 15) is 9.59 Å². The number of hydrogen-bond acceptors (Lipinski definition) is 3. The Hall–Kier alpha value is -1.10. The fraction of sp³-hybridized carbons (Fsp3) is 0.778. The summed E-state index contributed by atoms with van der Waals surface area (Å²) in [5.41, 5.74) is 5.11. The molecule has 1 aliphatic rings. The van der Waals surface area contributed by atoms with E-state index in [1.165, 1.54) is 0 Å². The predicted molar refractivity (Wildman–Crippen MR) is 50.3 cm³/mol. The molecule has 2 atom stereocenters. The number of nitrogens with one attached hydrogen (secondary N) is 1. The van der Waals surface area contributed by atoms with E-state index in [0.717, 1.165) is 6.42 Å². The summed E-state index contributed by atoms with van der Waals surface area (Å²) >= 11 is 0. The van der Waals surface area contributed by atoms with Gasteiger partial charge >= 0.3 is 0 Å². The number of nitrogens with two attached hydrogens (primary N) is 1. The zero-order valence-corrected chi connectivity index (χ0v) is 8.29. The predicted octanol–water partition coefficient (Wildman–Crippen LogP) is -0.597. The van der Waals surface area contributed by atoms with Crippen LogP contribution in [0.15, 0.2) is 0 Å². The van der Waals surface area contributed by atoms with Crippen LogP contribution in [0.3, 0.4) is 0 Å². The monoisotopic (exact) mass is 200 g/mol. The van der Waals surface area contributed by atoms with Gasteiger partial charge in [0.05, 0.1) is 12.5 Å². The van der Waals surface area contributed by atoms with Crippen molar-refractivity contribution >= 4 is 11.8 Å². The fourth-order valence-electron chi connectivity index (χ4n) is 1.41. The number of carbonyl (C=O) groups excluding carboxylic acids is 2. The van der Waals surface area contributed by atoms with Crippen LogP contribution < -0.4 is 11.1 Å². The molecule has 0 aromatic heterocycles. The molecule has 5 heteroatoms. The SMILES string of the molecule is CC[C@@H](NC(=O)[C@@H]1CCOC1)C(N)=O. The lowest BCUT2D eigenvalue weighted by atomic mass is 10.1. The summed E-state index contributed by atoms with van der Waals surface area (Å²) in [5.74, 6) is -0.740. The third-order valence-corrected chi connectivity index (χ3v) is 2.37. The molecule has 0 spiro atoms. The Morgan fingerprint density at radius 2 is 2.36 bits per heavy atom. The summed E-state index contributed by atoms with van der Waals surface area (Å²) in [5, 5.41) is 2.61. The lowest BCUT2D eigenvalue weighted by Crippen LogP contribution is -2.46. The van der Waals surface area contributed by atoms with Gasteiger partial charge in [0.2, 0.25) is 11.8 Å². The molecule has 1 saturated heterocycles. The second-order valence-electron chi connectivity index (χ2n) is 3.43. The van der Waals surface area contributed by atoms with Crippen LogP contribution in [0.2, 0.25) is 0 Å². The molecule has 1 fully saturated rings. The molecule has 14 heavy (non-hydrogen) atoms. The molecule has 1 aliphatic heterocycles. The van der Waals surface area contributed by atoms with Gasteiger partial charge in [-0.1, -0.05) is 6.92 Å². The van der Waals surface area contributed by atoms with Crippen LogP contribution >= 0.6 is 0 Å². The zero-order chi connectivity index (χ0) is 10.6. The smallest absolute Gasteiger partial charge is 0.239 e. The van der Waals surface area contributed by atoms with E-state index in [1.807, 2.05) is 0 Å². The maximum Gasteiger partial charge on any atom is 0.239 e. The Labute approximate surface area is 83.0 Å². The quantitative estimate of drug-likeness (QED) is 0.636. The molecule has 3 N–H and O–H groups in total. The highest BCUT2D eigenvalue weighted by Crippen LogP contribution is 2.12. The molecule has 0 radical (unpaired) electrons. The first-order valence-corrected chi connectivity index (χ1v) is 4.82. The first-order chi connectivity index (χ1) is 6.65. The molecule has 1 heterocycles. The molecule has 0 aromatic carbocycles. The van der Waals surface area contributed by atoms with Crippen molar-refractivity contribution < 1.29 is 14.3 Å². The Morgan fingerprint density at radius 1 is 1.64 bits per heavy atom. The van der Waals surface area contributed by atoms with Crippen molar-refractivity contribution in [2.75, 3.05) is 13.2 Å². The van der Waals surface area contributed by atoms with Crippen molar-refractivity contribution in [3.05, 3.63) is 0 Å². The molecular weight excluding hydrogens is 184 g/mol. The minimum Gasteiger partial charge on any atom is -0.381 e. The number of amides is 2. The second kappa shape index (κ2) is 4.95. The van der Waals surface area contributed by atoms with E-state index >= 15 is 0 Å². The van der Waals surface area contributed by atoms with E-state index in [0.29, 0.717) is 19.6 Å². The standard InChI is InChI=1S/C9H16N2O3/c1-2-7(8(10)12)11-9(13)6-3-4-14-5-6/h6-7H,2-5H2,1H3,(H2,10,12)(H,11,13)/t6-,7-/m1/s1. The van der Waals surface area contributed by atoms with Crippen LogP contribution in [0.5, 0.6) is 0 Å². The third kappa shape index (κ3) is 2.70. The van der Waals surface area contributed by atoms with Crippen molar-refractivity contribution in [1.82, 2.24) is 5.32 Å². The number of ether oxygens (including phenoxy) is 1. The summed E-state index contributed by atoms with van der Waals surface area (Å²) in [6.07, 6.45) is 1.25. The van der Waals surface area contributed by atoms with Crippen molar-refractivity contribution in [3.8, 4) is 0 Å². The van der Waals surface area contributed by atoms with E-state index in [2.05, 4.69) is 5.32 Å². The van der Waals surface area contributed by atoms with E-state index in [1.54, 1.807) is 6.92 Å². The van der Waals surface area contributed by atoms with Crippen molar-refractivity contribution in [3.63, 3.8) is 0 Å². The van der Waals surface area contributed by atoms with Gasteiger partial charge in [-0.2, -0.15) is 0 Å². The van der Waals surface area contributed by atoms with E-state index in [-0.39, 0.29) is 11.8 Å². The molecule has 2 amide bonds. The van der Waals surface area contributed by atoms with Crippen molar-refractivity contribution in [2.24, 2.45) is 11.7 Å². The van der Waals surface area contributed by atoms with Gasteiger partial charge in [-0.05, 0) is 12.8 Å².